The molecule has 0 aliphatic carbocycles. The third kappa shape index (κ3) is 8.82. The van der Waals surface area contributed by atoms with E-state index >= 15 is 0 Å². The molecule has 0 aliphatic rings. The van der Waals surface area contributed by atoms with Crippen LogP contribution in [0.15, 0.2) is 24.3 Å². The summed E-state index contributed by atoms with van der Waals surface area (Å²) in [7, 11) is 0. The molecule has 74 valence electrons. The van der Waals surface area contributed by atoms with Crippen LogP contribution >= 0.6 is 0 Å². The largest absolute Gasteiger partial charge is 0.351 e. The molecular formula is C10H18N2O. The van der Waals surface area contributed by atoms with E-state index in [2.05, 4.69) is 5.32 Å². The molecule has 0 bridgehead atoms. The molecule has 0 atom stereocenters. The van der Waals surface area contributed by atoms with E-state index < -0.39 is 0 Å². The van der Waals surface area contributed by atoms with Gasteiger partial charge in [-0.15, -0.1) is 0 Å². The van der Waals surface area contributed by atoms with E-state index in [1.165, 1.54) is 6.08 Å². The maximum atomic E-state index is 11.1. The van der Waals surface area contributed by atoms with Crippen molar-refractivity contribution in [1.82, 2.24) is 5.32 Å². The van der Waals surface area contributed by atoms with Crippen molar-refractivity contribution >= 4 is 5.91 Å². The number of carbonyl (C=O) groups excluding carboxylic acids is 1. The maximum Gasteiger partial charge on any atom is 0.244 e. The van der Waals surface area contributed by atoms with Crippen LogP contribution in [0.4, 0.5) is 0 Å². The van der Waals surface area contributed by atoms with E-state index in [-0.39, 0.29) is 11.4 Å². The third-order valence-electron chi connectivity index (χ3n) is 1.27. The van der Waals surface area contributed by atoms with Gasteiger partial charge in [-0.25, -0.2) is 0 Å². The summed E-state index contributed by atoms with van der Waals surface area (Å²) in [5.74, 6) is -0.114. The summed E-state index contributed by atoms with van der Waals surface area (Å²) in [4.78, 5) is 11.1. The minimum absolute atomic E-state index is 0.114. The second-order valence-electron chi connectivity index (χ2n) is 3.59. The molecule has 1 amide bonds. The highest BCUT2D eigenvalue weighted by atomic mass is 16.1. The molecule has 0 unspecified atom stereocenters. The number of hydrogen-bond donors (Lipinski definition) is 2. The number of hydrogen-bond acceptors (Lipinski definition) is 2. The van der Waals surface area contributed by atoms with Gasteiger partial charge in [0.05, 0.1) is 0 Å². The van der Waals surface area contributed by atoms with Crippen molar-refractivity contribution in [3.8, 4) is 0 Å². The number of nitrogens with two attached hydrogens (primary N) is 1. The monoisotopic (exact) mass is 182 g/mol. The van der Waals surface area contributed by atoms with E-state index in [0.717, 1.165) is 0 Å². The number of amides is 1. The Morgan fingerprint density at radius 3 is 2.54 bits per heavy atom. The summed E-state index contributed by atoms with van der Waals surface area (Å²) >= 11 is 0. The lowest BCUT2D eigenvalue weighted by Gasteiger charge is -2.17. The Labute approximate surface area is 79.7 Å². The molecule has 0 rings (SSSR count). The summed E-state index contributed by atoms with van der Waals surface area (Å²) in [5.41, 5.74) is 5.33. The van der Waals surface area contributed by atoms with E-state index in [9.17, 15) is 4.79 Å². The molecular weight excluding hydrogens is 164 g/mol. The molecule has 3 N–H and O–H groups in total. The van der Waals surface area contributed by atoms with E-state index in [0.29, 0.717) is 6.54 Å². The zero-order chi connectivity index (χ0) is 10.3. The van der Waals surface area contributed by atoms with Gasteiger partial charge in [-0.3, -0.25) is 4.79 Å². The Morgan fingerprint density at radius 1 is 1.46 bits per heavy atom. The molecule has 3 heteroatoms. The minimum atomic E-state index is -0.357. The van der Waals surface area contributed by atoms with Crippen LogP contribution < -0.4 is 11.1 Å². The number of nitrogens with one attached hydrogen (secondary N) is 1. The van der Waals surface area contributed by atoms with Crippen molar-refractivity contribution in [3.63, 3.8) is 0 Å². The Hall–Kier alpha value is -1.09. The second kappa shape index (κ2) is 5.54. The fraction of sp³-hybridized carbons (Fsp3) is 0.500. The SMILES string of the molecule is CC=CC=CC(=O)NCC(C)(C)N. The van der Waals surface area contributed by atoms with E-state index in [1.54, 1.807) is 12.2 Å². The fourth-order valence-corrected chi connectivity index (χ4v) is 0.628. The lowest BCUT2D eigenvalue weighted by molar-refractivity contribution is -0.116. The smallest absolute Gasteiger partial charge is 0.244 e. The molecule has 0 aromatic heterocycles. The van der Waals surface area contributed by atoms with Crippen LogP contribution in [0, 0.1) is 0 Å². The topological polar surface area (TPSA) is 55.1 Å². The van der Waals surface area contributed by atoms with Gasteiger partial charge in [0.1, 0.15) is 0 Å². The zero-order valence-corrected chi connectivity index (χ0v) is 8.50. The minimum Gasteiger partial charge on any atom is -0.351 e. The first-order valence-electron chi connectivity index (χ1n) is 4.32. The van der Waals surface area contributed by atoms with Crippen molar-refractivity contribution in [2.75, 3.05) is 6.54 Å². The van der Waals surface area contributed by atoms with Crippen LogP contribution in [0.25, 0.3) is 0 Å². The molecule has 3 nitrogen and oxygen atoms in total. The first kappa shape index (κ1) is 11.9. The Kier molecular flexibility index (Phi) is 5.07. The highest BCUT2D eigenvalue weighted by Gasteiger charge is 2.10. The average Bonchev–Trinajstić information content (AvgIpc) is 2.00. The fourth-order valence-electron chi connectivity index (χ4n) is 0.628. The van der Waals surface area contributed by atoms with Crippen molar-refractivity contribution in [1.29, 1.82) is 0 Å². The van der Waals surface area contributed by atoms with Gasteiger partial charge in [-0.2, -0.15) is 0 Å². The van der Waals surface area contributed by atoms with Crippen LogP contribution in [0.5, 0.6) is 0 Å². The predicted octanol–water partition coefficient (Wildman–Crippen LogP) is 0.972. The molecule has 0 aliphatic heterocycles. The summed E-state index contributed by atoms with van der Waals surface area (Å²) in [6.07, 6.45) is 6.83. The van der Waals surface area contributed by atoms with Crippen molar-refractivity contribution < 1.29 is 4.79 Å². The van der Waals surface area contributed by atoms with Crippen LogP contribution in [0.1, 0.15) is 20.8 Å². The number of rotatable bonds is 4. The Bertz CT molecular complexity index is 211. The highest BCUT2D eigenvalue weighted by Crippen LogP contribution is 1.92. The van der Waals surface area contributed by atoms with Gasteiger partial charge in [0.2, 0.25) is 5.91 Å². The van der Waals surface area contributed by atoms with Gasteiger partial charge in [0.25, 0.3) is 0 Å². The summed E-state index contributed by atoms with van der Waals surface area (Å²) in [6.45, 7) is 6.10. The van der Waals surface area contributed by atoms with E-state index in [4.69, 9.17) is 5.73 Å². The number of allylic oxidation sites excluding steroid dienone is 3. The van der Waals surface area contributed by atoms with Gasteiger partial charge >= 0.3 is 0 Å². The lowest BCUT2D eigenvalue weighted by atomic mass is 10.1. The normalized spacial score (nSPS) is 12.6. The van der Waals surface area contributed by atoms with Crippen molar-refractivity contribution in [3.05, 3.63) is 24.3 Å². The average molecular weight is 182 g/mol. The highest BCUT2D eigenvalue weighted by molar-refractivity contribution is 5.87. The van der Waals surface area contributed by atoms with Crippen LogP contribution in [0.2, 0.25) is 0 Å². The molecule has 0 radical (unpaired) electrons. The molecule has 0 saturated carbocycles. The van der Waals surface area contributed by atoms with Gasteiger partial charge < -0.3 is 11.1 Å². The molecule has 13 heavy (non-hydrogen) atoms. The number of carbonyl (C=O) groups is 1. The Balaban J connectivity index is 3.76. The first-order chi connectivity index (χ1) is 5.95. The third-order valence-corrected chi connectivity index (χ3v) is 1.27. The van der Waals surface area contributed by atoms with Gasteiger partial charge in [-0.1, -0.05) is 18.2 Å². The van der Waals surface area contributed by atoms with Gasteiger partial charge in [-0.05, 0) is 20.8 Å². The molecule has 0 aromatic rings. The summed E-state index contributed by atoms with van der Waals surface area (Å²) in [5, 5.41) is 2.70. The second-order valence-corrected chi connectivity index (χ2v) is 3.59. The predicted molar refractivity (Wildman–Crippen MR) is 55.2 cm³/mol. The zero-order valence-electron chi connectivity index (χ0n) is 8.50. The van der Waals surface area contributed by atoms with Crippen molar-refractivity contribution in [2.45, 2.75) is 26.3 Å². The summed E-state index contributed by atoms with van der Waals surface area (Å²) < 4.78 is 0. The molecule has 0 saturated heterocycles. The maximum absolute atomic E-state index is 11.1. The standard InChI is InChI=1S/C10H18N2O/c1-4-5-6-7-9(13)12-8-10(2,3)11/h4-7H,8,11H2,1-3H3,(H,12,13). The summed E-state index contributed by atoms with van der Waals surface area (Å²) in [6, 6.07) is 0. The lowest BCUT2D eigenvalue weighted by Crippen LogP contribution is -2.44. The first-order valence-corrected chi connectivity index (χ1v) is 4.32. The van der Waals surface area contributed by atoms with Crippen LogP contribution in [-0.4, -0.2) is 18.0 Å². The van der Waals surface area contributed by atoms with Crippen LogP contribution in [-0.2, 0) is 4.79 Å². The van der Waals surface area contributed by atoms with Gasteiger partial charge in [0.15, 0.2) is 0 Å². The quantitative estimate of drug-likeness (QED) is 0.503. The Morgan fingerprint density at radius 2 is 2.08 bits per heavy atom. The van der Waals surface area contributed by atoms with Crippen molar-refractivity contribution in [2.24, 2.45) is 5.73 Å². The van der Waals surface area contributed by atoms with Crippen LogP contribution in [0.3, 0.4) is 0 Å². The molecule has 0 heterocycles. The molecule has 0 fully saturated rings. The molecule has 0 aromatic carbocycles. The van der Waals surface area contributed by atoms with E-state index in [1.807, 2.05) is 26.8 Å². The molecule has 0 spiro atoms. The van der Waals surface area contributed by atoms with Gasteiger partial charge in [0, 0.05) is 18.2 Å².